The number of ether oxygens (including phenoxy) is 1. The molecule has 0 saturated carbocycles. The lowest BCUT2D eigenvalue weighted by atomic mass is 10.3. The maximum Gasteiger partial charge on any atom is 0.225 e. The molecule has 0 aliphatic heterocycles. The van der Waals surface area contributed by atoms with Gasteiger partial charge in [0, 0.05) is 23.7 Å². The summed E-state index contributed by atoms with van der Waals surface area (Å²) in [5.74, 6) is 1.88. The van der Waals surface area contributed by atoms with Gasteiger partial charge in [0.1, 0.15) is 5.75 Å². The van der Waals surface area contributed by atoms with E-state index in [1.165, 1.54) is 4.90 Å². The summed E-state index contributed by atoms with van der Waals surface area (Å²) in [5.41, 5.74) is 0.866. The van der Waals surface area contributed by atoms with Crippen molar-refractivity contribution in [2.24, 2.45) is 0 Å². The average Bonchev–Trinajstić information content (AvgIpc) is 2.39. The van der Waals surface area contributed by atoms with E-state index >= 15 is 0 Å². The molecule has 1 aromatic heterocycles. The highest BCUT2D eigenvalue weighted by Crippen LogP contribution is 2.23. The predicted molar refractivity (Wildman–Crippen MR) is 74.6 cm³/mol. The molecule has 0 aliphatic carbocycles. The van der Waals surface area contributed by atoms with Crippen LogP contribution in [0.2, 0.25) is 0 Å². The number of anilines is 1. The van der Waals surface area contributed by atoms with Crippen molar-refractivity contribution in [3.63, 3.8) is 0 Å². The molecular weight excluding hydrogens is 246 g/mol. The Bertz CT molecular complexity index is 528. The fourth-order valence-electron chi connectivity index (χ4n) is 1.47. The van der Waals surface area contributed by atoms with Crippen LogP contribution in [0.3, 0.4) is 0 Å². The van der Waals surface area contributed by atoms with Gasteiger partial charge in [-0.05, 0) is 37.4 Å². The lowest BCUT2D eigenvalue weighted by molar-refractivity contribution is 0.461. The molecular formula is C13H15N3OS. The average molecular weight is 261 g/mol. The Morgan fingerprint density at radius 1 is 1.17 bits per heavy atom. The summed E-state index contributed by atoms with van der Waals surface area (Å²) < 4.78 is 5.70. The van der Waals surface area contributed by atoms with Gasteiger partial charge in [0.05, 0.1) is 0 Å². The van der Waals surface area contributed by atoms with Crippen molar-refractivity contribution in [3.8, 4) is 11.6 Å². The van der Waals surface area contributed by atoms with Crippen LogP contribution in [-0.2, 0) is 0 Å². The largest absolute Gasteiger partial charge is 0.439 e. The summed E-state index contributed by atoms with van der Waals surface area (Å²) in [6, 6.07) is 9.72. The number of thioether (sulfide) groups is 1. The number of nitrogens with zero attached hydrogens (tertiary/aromatic N) is 2. The fourth-order valence-corrected chi connectivity index (χ4v) is 1.88. The molecule has 0 aliphatic rings. The number of hydrogen-bond acceptors (Lipinski definition) is 5. The van der Waals surface area contributed by atoms with Crippen LogP contribution >= 0.6 is 11.8 Å². The van der Waals surface area contributed by atoms with Crippen LogP contribution in [0.5, 0.6) is 11.6 Å². The number of benzene rings is 1. The van der Waals surface area contributed by atoms with Crippen LogP contribution in [0.25, 0.3) is 0 Å². The Kier molecular flexibility index (Phi) is 4.04. The minimum Gasteiger partial charge on any atom is -0.439 e. The molecule has 0 bridgehead atoms. The highest BCUT2D eigenvalue weighted by atomic mass is 32.2. The second-order valence-electron chi connectivity index (χ2n) is 3.70. The molecule has 0 unspecified atom stereocenters. The lowest BCUT2D eigenvalue weighted by Gasteiger charge is -2.07. The standard InChI is InChI=1S/C13H15N3OS/c1-9-8-12(16-13(14-2)15-9)17-10-4-6-11(18-3)7-5-10/h4-8H,1-3H3,(H,14,15,16). The third-order valence-corrected chi connectivity index (χ3v) is 3.08. The molecule has 1 N–H and O–H groups in total. The van der Waals surface area contributed by atoms with Crippen molar-refractivity contribution in [2.45, 2.75) is 11.8 Å². The van der Waals surface area contributed by atoms with E-state index in [0.717, 1.165) is 11.4 Å². The Hall–Kier alpha value is -1.75. The van der Waals surface area contributed by atoms with Crippen LogP contribution in [-0.4, -0.2) is 23.3 Å². The number of rotatable bonds is 4. The van der Waals surface area contributed by atoms with Crippen molar-refractivity contribution in [1.29, 1.82) is 0 Å². The zero-order valence-electron chi connectivity index (χ0n) is 10.6. The van der Waals surface area contributed by atoms with E-state index < -0.39 is 0 Å². The molecule has 0 saturated heterocycles. The third-order valence-electron chi connectivity index (χ3n) is 2.34. The van der Waals surface area contributed by atoms with E-state index in [0.29, 0.717) is 11.8 Å². The molecule has 2 aromatic rings. The second-order valence-corrected chi connectivity index (χ2v) is 4.58. The van der Waals surface area contributed by atoms with Crippen LogP contribution in [0.1, 0.15) is 5.69 Å². The number of nitrogens with one attached hydrogen (secondary N) is 1. The SMILES string of the molecule is CNc1nc(C)cc(Oc2ccc(SC)cc2)n1. The third kappa shape index (κ3) is 3.13. The van der Waals surface area contributed by atoms with Gasteiger partial charge in [-0.3, -0.25) is 0 Å². The first-order valence-electron chi connectivity index (χ1n) is 5.56. The smallest absolute Gasteiger partial charge is 0.225 e. The topological polar surface area (TPSA) is 47.0 Å². The Balaban J connectivity index is 2.19. The summed E-state index contributed by atoms with van der Waals surface area (Å²) in [6.45, 7) is 1.91. The predicted octanol–water partition coefficient (Wildman–Crippen LogP) is 3.34. The van der Waals surface area contributed by atoms with Crippen LogP contribution < -0.4 is 10.1 Å². The normalized spacial score (nSPS) is 10.2. The van der Waals surface area contributed by atoms with Crippen molar-refractivity contribution in [1.82, 2.24) is 9.97 Å². The van der Waals surface area contributed by atoms with E-state index in [9.17, 15) is 0 Å². The van der Waals surface area contributed by atoms with E-state index in [1.807, 2.05) is 43.5 Å². The van der Waals surface area contributed by atoms with E-state index in [-0.39, 0.29) is 0 Å². The molecule has 0 spiro atoms. The van der Waals surface area contributed by atoms with Crippen molar-refractivity contribution in [3.05, 3.63) is 36.0 Å². The van der Waals surface area contributed by atoms with Crippen LogP contribution in [0.4, 0.5) is 5.95 Å². The number of aromatic nitrogens is 2. The Labute approximate surface area is 111 Å². The Morgan fingerprint density at radius 3 is 2.50 bits per heavy atom. The maximum absolute atomic E-state index is 5.70. The van der Waals surface area contributed by atoms with Gasteiger partial charge in [0.25, 0.3) is 0 Å². The first-order chi connectivity index (χ1) is 8.71. The zero-order chi connectivity index (χ0) is 13.0. The Morgan fingerprint density at radius 2 is 1.89 bits per heavy atom. The van der Waals surface area contributed by atoms with Gasteiger partial charge >= 0.3 is 0 Å². The summed E-state index contributed by atoms with van der Waals surface area (Å²) in [5, 5.41) is 2.91. The molecule has 1 heterocycles. The molecule has 4 nitrogen and oxygen atoms in total. The van der Waals surface area contributed by atoms with Gasteiger partial charge in [-0.2, -0.15) is 4.98 Å². The highest BCUT2D eigenvalue weighted by Gasteiger charge is 2.03. The van der Waals surface area contributed by atoms with Crippen LogP contribution in [0, 0.1) is 6.92 Å². The quantitative estimate of drug-likeness (QED) is 0.855. The lowest BCUT2D eigenvalue weighted by Crippen LogP contribution is -1.99. The van der Waals surface area contributed by atoms with Gasteiger partial charge in [-0.25, -0.2) is 4.98 Å². The second kappa shape index (κ2) is 5.73. The van der Waals surface area contributed by atoms with Crippen LogP contribution in [0.15, 0.2) is 35.2 Å². The number of aryl methyl sites for hydroxylation is 1. The summed E-state index contributed by atoms with van der Waals surface area (Å²) in [7, 11) is 1.78. The fraction of sp³-hybridized carbons (Fsp3) is 0.231. The zero-order valence-corrected chi connectivity index (χ0v) is 11.4. The van der Waals surface area contributed by atoms with Gasteiger partial charge in [-0.15, -0.1) is 11.8 Å². The van der Waals surface area contributed by atoms with E-state index in [2.05, 4.69) is 15.3 Å². The molecule has 18 heavy (non-hydrogen) atoms. The molecule has 0 amide bonds. The van der Waals surface area contributed by atoms with Crippen molar-refractivity contribution < 1.29 is 4.74 Å². The minimum atomic E-state index is 0.545. The highest BCUT2D eigenvalue weighted by molar-refractivity contribution is 7.98. The van der Waals surface area contributed by atoms with Gasteiger partial charge in [-0.1, -0.05) is 0 Å². The molecule has 0 radical (unpaired) electrons. The molecule has 1 aromatic carbocycles. The van der Waals surface area contributed by atoms with Gasteiger partial charge in [0.15, 0.2) is 0 Å². The first-order valence-corrected chi connectivity index (χ1v) is 6.79. The molecule has 2 rings (SSSR count). The summed E-state index contributed by atoms with van der Waals surface area (Å²) in [4.78, 5) is 9.66. The van der Waals surface area contributed by atoms with E-state index in [4.69, 9.17) is 4.74 Å². The summed E-state index contributed by atoms with van der Waals surface area (Å²) in [6.07, 6.45) is 2.04. The molecule has 5 heteroatoms. The van der Waals surface area contributed by atoms with E-state index in [1.54, 1.807) is 18.8 Å². The van der Waals surface area contributed by atoms with Gasteiger partial charge < -0.3 is 10.1 Å². The summed E-state index contributed by atoms with van der Waals surface area (Å²) >= 11 is 1.70. The molecule has 0 atom stereocenters. The van der Waals surface area contributed by atoms with Crippen molar-refractivity contribution in [2.75, 3.05) is 18.6 Å². The van der Waals surface area contributed by atoms with Gasteiger partial charge in [0.2, 0.25) is 11.8 Å². The minimum absolute atomic E-state index is 0.545. The maximum atomic E-state index is 5.70. The molecule has 0 fully saturated rings. The monoisotopic (exact) mass is 261 g/mol. The number of hydrogen-bond donors (Lipinski definition) is 1. The molecule has 94 valence electrons. The first kappa shape index (κ1) is 12.7. The van der Waals surface area contributed by atoms with Crippen molar-refractivity contribution >= 4 is 17.7 Å².